The van der Waals surface area contributed by atoms with Crippen molar-refractivity contribution in [1.29, 1.82) is 0 Å². The van der Waals surface area contributed by atoms with Crippen LogP contribution in [0.4, 0.5) is 5.69 Å². The van der Waals surface area contributed by atoms with Gasteiger partial charge in [-0.05, 0) is 43.9 Å². The predicted molar refractivity (Wildman–Crippen MR) is 70.0 cm³/mol. The molecule has 0 heterocycles. The summed E-state index contributed by atoms with van der Waals surface area (Å²) in [6.07, 6.45) is 2.81. The fourth-order valence-electron chi connectivity index (χ4n) is 1.74. The normalized spacial score (nSPS) is 12.5. The van der Waals surface area contributed by atoms with Gasteiger partial charge in [0.25, 0.3) is 0 Å². The molecule has 2 heteroatoms. The molecular formula is C14H23NO. The first kappa shape index (κ1) is 13.0. The maximum absolute atomic E-state index is 9.19. The van der Waals surface area contributed by atoms with E-state index in [1.807, 2.05) is 6.92 Å². The van der Waals surface area contributed by atoms with Crippen molar-refractivity contribution in [2.45, 2.75) is 39.2 Å². The van der Waals surface area contributed by atoms with Crippen LogP contribution < -0.4 is 4.90 Å². The lowest BCUT2D eigenvalue weighted by Gasteiger charge is -2.19. The van der Waals surface area contributed by atoms with Crippen LogP contribution >= 0.6 is 0 Å². The second kappa shape index (κ2) is 6.54. The van der Waals surface area contributed by atoms with Crippen molar-refractivity contribution in [3.8, 4) is 0 Å². The van der Waals surface area contributed by atoms with Crippen LogP contribution in [0.15, 0.2) is 24.3 Å². The smallest absolute Gasteiger partial charge is 0.0512 e. The Morgan fingerprint density at radius 2 is 1.88 bits per heavy atom. The van der Waals surface area contributed by atoms with Crippen LogP contribution in [0.3, 0.4) is 0 Å². The molecule has 0 bridgehead atoms. The summed E-state index contributed by atoms with van der Waals surface area (Å²) < 4.78 is 0. The minimum Gasteiger partial charge on any atom is -0.393 e. The molecule has 0 amide bonds. The molecule has 0 aliphatic carbocycles. The molecule has 0 radical (unpaired) electrons. The van der Waals surface area contributed by atoms with E-state index in [0.717, 1.165) is 25.8 Å². The van der Waals surface area contributed by atoms with Gasteiger partial charge >= 0.3 is 0 Å². The number of aryl methyl sites for hydroxylation is 1. The molecule has 16 heavy (non-hydrogen) atoms. The van der Waals surface area contributed by atoms with Gasteiger partial charge in [-0.25, -0.2) is 0 Å². The standard InChI is InChI=1S/C14H23NO/c1-4-13-7-9-14(10-8-13)15(3)11-5-6-12(2)16/h7-10,12,16H,4-6,11H2,1-3H3. The number of aliphatic hydroxyl groups is 1. The predicted octanol–water partition coefficient (Wildman–Crippen LogP) is 2.85. The summed E-state index contributed by atoms with van der Waals surface area (Å²) in [4.78, 5) is 2.24. The maximum atomic E-state index is 9.19. The molecule has 0 fully saturated rings. The summed E-state index contributed by atoms with van der Waals surface area (Å²) in [7, 11) is 2.10. The number of nitrogens with zero attached hydrogens (tertiary/aromatic N) is 1. The Kier molecular flexibility index (Phi) is 5.33. The van der Waals surface area contributed by atoms with Gasteiger partial charge in [-0.1, -0.05) is 19.1 Å². The molecular weight excluding hydrogens is 198 g/mol. The lowest BCUT2D eigenvalue weighted by Crippen LogP contribution is -2.19. The molecule has 1 rings (SSSR count). The minimum absolute atomic E-state index is 0.184. The summed E-state index contributed by atoms with van der Waals surface area (Å²) >= 11 is 0. The van der Waals surface area contributed by atoms with E-state index in [2.05, 4.69) is 43.1 Å². The topological polar surface area (TPSA) is 23.5 Å². The quantitative estimate of drug-likeness (QED) is 0.798. The average Bonchev–Trinajstić information content (AvgIpc) is 2.28. The molecule has 1 aromatic carbocycles. The molecule has 1 aromatic rings. The van der Waals surface area contributed by atoms with Gasteiger partial charge in [0, 0.05) is 19.3 Å². The average molecular weight is 221 g/mol. The third-order valence-electron chi connectivity index (χ3n) is 2.90. The number of aliphatic hydroxyl groups excluding tert-OH is 1. The Hall–Kier alpha value is -1.02. The van der Waals surface area contributed by atoms with Crippen LogP contribution in [-0.2, 0) is 6.42 Å². The van der Waals surface area contributed by atoms with Gasteiger partial charge in [0.05, 0.1) is 6.10 Å². The summed E-state index contributed by atoms with van der Waals surface area (Å²) in [6, 6.07) is 8.70. The number of hydrogen-bond acceptors (Lipinski definition) is 2. The highest BCUT2D eigenvalue weighted by atomic mass is 16.3. The number of hydrogen-bond donors (Lipinski definition) is 1. The first-order chi connectivity index (χ1) is 7.63. The van der Waals surface area contributed by atoms with Crippen molar-refractivity contribution in [3.05, 3.63) is 29.8 Å². The van der Waals surface area contributed by atoms with Crippen LogP contribution in [0.1, 0.15) is 32.3 Å². The second-order valence-electron chi connectivity index (χ2n) is 4.43. The SMILES string of the molecule is CCc1ccc(N(C)CCCC(C)O)cc1. The Morgan fingerprint density at radius 3 is 2.38 bits per heavy atom. The van der Waals surface area contributed by atoms with Crippen molar-refractivity contribution in [2.75, 3.05) is 18.5 Å². The molecule has 0 aromatic heterocycles. The van der Waals surface area contributed by atoms with E-state index in [9.17, 15) is 5.11 Å². The van der Waals surface area contributed by atoms with E-state index in [1.165, 1.54) is 11.3 Å². The Balaban J connectivity index is 2.43. The molecule has 1 atom stereocenters. The van der Waals surface area contributed by atoms with Gasteiger partial charge in [-0.15, -0.1) is 0 Å². The molecule has 1 N–H and O–H groups in total. The van der Waals surface area contributed by atoms with Crippen molar-refractivity contribution in [2.24, 2.45) is 0 Å². The van der Waals surface area contributed by atoms with E-state index >= 15 is 0 Å². The number of benzene rings is 1. The van der Waals surface area contributed by atoms with E-state index in [1.54, 1.807) is 0 Å². The van der Waals surface area contributed by atoms with Crippen molar-refractivity contribution >= 4 is 5.69 Å². The van der Waals surface area contributed by atoms with Crippen LogP contribution in [0.25, 0.3) is 0 Å². The number of anilines is 1. The zero-order chi connectivity index (χ0) is 12.0. The molecule has 2 nitrogen and oxygen atoms in total. The van der Waals surface area contributed by atoms with E-state index in [4.69, 9.17) is 0 Å². The molecule has 1 unspecified atom stereocenters. The van der Waals surface area contributed by atoms with Crippen molar-refractivity contribution in [1.82, 2.24) is 0 Å². The first-order valence-corrected chi connectivity index (χ1v) is 6.11. The highest BCUT2D eigenvalue weighted by molar-refractivity contribution is 5.46. The minimum atomic E-state index is -0.184. The highest BCUT2D eigenvalue weighted by Crippen LogP contribution is 2.14. The maximum Gasteiger partial charge on any atom is 0.0512 e. The van der Waals surface area contributed by atoms with Crippen LogP contribution in [0, 0.1) is 0 Å². The van der Waals surface area contributed by atoms with Gasteiger partial charge < -0.3 is 10.0 Å². The van der Waals surface area contributed by atoms with Crippen LogP contribution in [0.5, 0.6) is 0 Å². The lowest BCUT2D eigenvalue weighted by molar-refractivity contribution is 0.182. The van der Waals surface area contributed by atoms with Gasteiger partial charge in [-0.3, -0.25) is 0 Å². The van der Waals surface area contributed by atoms with E-state index < -0.39 is 0 Å². The Labute approximate surface area is 98.9 Å². The summed E-state index contributed by atoms with van der Waals surface area (Å²) in [5.74, 6) is 0. The largest absolute Gasteiger partial charge is 0.393 e. The molecule has 90 valence electrons. The fraction of sp³-hybridized carbons (Fsp3) is 0.571. The molecule has 0 saturated heterocycles. The second-order valence-corrected chi connectivity index (χ2v) is 4.43. The van der Waals surface area contributed by atoms with Gasteiger partial charge in [0.1, 0.15) is 0 Å². The Morgan fingerprint density at radius 1 is 1.25 bits per heavy atom. The third-order valence-corrected chi connectivity index (χ3v) is 2.90. The molecule has 0 saturated carbocycles. The van der Waals surface area contributed by atoms with Crippen molar-refractivity contribution < 1.29 is 5.11 Å². The van der Waals surface area contributed by atoms with Gasteiger partial charge in [0.15, 0.2) is 0 Å². The Bertz CT molecular complexity index is 292. The summed E-state index contributed by atoms with van der Waals surface area (Å²) in [5, 5.41) is 9.19. The zero-order valence-corrected chi connectivity index (χ0v) is 10.6. The van der Waals surface area contributed by atoms with Crippen molar-refractivity contribution in [3.63, 3.8) is 0 Å². The summed E-state index contributed by atoms with van der Waals surface area (Å²) in [5.41, 5.74) is 2.63. The lowest BCUT2D eigenvalue weighted by atomic mass is 10.1. The highest BCUT2D eigenvalue weighted by Gasteiger charge is 2.01. The van der Waals surface area contributed by atoms with Gasteiger partial charge in [0.2, 0.25) is 0 Å². The fourth-order valence-corrected chi connectivity index (χ4v) is 1.74. The molecule has 0 aliphatic rings. The molecule has 0 aliphatic heterocycles. The van der Waals surface area contributed by atoms with Gasteiger partial charge in [-0.2, -0.15) is 0 Å². The number of rotatable bonds is 6. The van der Waals surface area contributed by atoms with Crippen LogP contribution in [0.2, 0.25) is 0 Å². The summed E-state index contributed by atoms with van der Waals surface area (Å²) in [6.45, 7) is 5.01. The first-order valence-electron chi connectivity index (χ1n) is 6.11. The molecule has 0 spiro atoms. The zero-order valence-electron chi connectivity index (χ0n) is 10.6. The monoisotopic (exact) mass is 221 g/mol. The van der Waals surface area contributed by atoms with E-state index in [0.29, 0.717) is 0 Å². The van der Waals surface area contributed by atoms with E-state index in [-0.39, 0.29) is 6.10 Å². The third kappa shape index (κ3) is 4.23. The van der Waals surface area contributed by atoms with Crippen LogP contribution in [-0.4, -0.2) is 24.8 Å².